The van der Waals surface area contributed by atoms with Crippen molar-refractivity contribution in [3.63, 3.8) is 0 Å². The van der Waals surface area contributed by atoms with Crippen molar-refractivity contribution in [2.45, 2.75) is 46.0 Å². The van der Waals surface area contributed by atoms with E-state index in [1.165, 1.54) is 11.1 Å². The van der Waals surface area contributed by atoms with Gasteiger partial charge >= 0.3 is 0 Å². The van der Waals surface area contributed by atoms with Crippen LogP contribution in [-0.4, -0.2) is 19.7 Å². The number of nitrogens with two attached hydrogens (primary N) is 2. The number of hydrogen-bond donors (Lipinski definition) is 2. The molecule has 1 aromatic carbocycles. The standard InChI is InChI=1S/C17H30N2O/c1-5-20-16-9-8-13(6-7-14(11-18)12-19)10-15(16)17(2,3)4/h8-10,14H,5-7,11-12,18-19H2,1-4H3. The maximum Gasteiger partial charge on any atom is 0.123 e. The highest BCUT2D eigenvalue weighted by molar-refractivity contribution is 5.41. The van der Waals surface area contributed by atoms with E-state index < -0.39 is 0 Å². The van der Waals surface area contributed by atoms with Crippen LogP contribution >= 0.6 is 0 Å². The van der Waals surface area contributed by atoms with E-state index in [4.69, 9.17) is 16.2 Å². The summed E-state index contributed by atoms with van der Waals surface area (Å²) in [4.78, 5) is 0. The molecule has 0 aliphatic carbocycles. The smallest absolute Gasteiger partial charge is 0.123 e. The van der Waals surface area contributed by atoms with Crippen molar-refractivity contribution in [2.75, 3.05) is 19.7 Å². The minimum Gasteiger partial charge on any atom is -0.494 e. The van der Waals surface area contributed by atoms with Gasteiger partial charge in [0.2, 0.25) is 0 Å². The van der Waals surface area contributed by atoms with Crippen LogP contribution in [0.5, 0.6) is 5.75 Å². The van der Waals surface area contributed by atoms with Gasteiger partial charge in [-0.2, -0.15) is 0 Å². The predicted octanol–water partition coefficient (Wildman–Crippen LogP) is 2.85. The topological polar surface area (TPSA) is 61.3 Å². The monoisotopic (exact) mass is 278 g/mol. The molecule has 114 valence electrons. The first-order chi connectivity index (χ1) is 9.42. The molecule has 0 heterocycles. The van der Waals surface area contributed by atoms with E-state index in [2.05, 4.69) is 39.0 Å². The van der Waals surface area contributed by atoms with E-state index in [-0.39, 0.29) is 5.41 Å². The van der Waals surface area contributed by atoms with Crippen LogP contribution in [0.1, 0.15) is 45.2 Å². The Kier molecular flexibility index (Phi) is 6.50. The lowest BCUT2D eigenvalue weighted by atomic mass is 9.84. The zero-order valence-electron chi connectivity index (χ0n) is 13.4. The van der Waals surface area contributed by atoms with Gasteiger partial charge in [0.15, 0.2) is 0 Å². The molecule has 3 heteroatoms. The first-order valence-electron chi connectivity index (χ1n) is 7.58. The van der Waals surface area contributed by atoms with Crippen molar-refractivity contribution >= 4 is 0 Å². The molecule has 0 amide bonds. The lowest BCUT2D eigenvalue weighted by Crippen LogP contribution is -2.23. The van der Waals surface area contributed by atoms with E-state index >= 15 is 0 Å². The van der Waals surface area contributed by atoms with Crippen LogP contribution in [0.4, 0.5) is 0 Å². The highest BCUT2D eigenvalue weighted by atomic mass is 16.5. The van der Waals surface area contributed by atoms with Gasteiger partial charge in [0, 0.05) is 0 Å². The Hall–Kier alpha value is -1.06. The molecule has 0 unspecified atom stereocenters. The van der Waals surface area contributed by atoms with Crippen molar-refractivity contribution < 1.29 is 4.74 Å². The molecule has 3 nitrogen and oxygen atoms in total. The Bertz CT molecular complexity index is 406. The molecule has 1 rings (SSSR count). The second kappa shape index (κ2) is 7.65. The van der Waals surface area contributed by atoms with E-state index in [9.17, 15) is 0 Å². The molecule has 20 heavy (non-hydrogen) atoms. The van der Waals surface area contributed by atoms with Crippen LogP contribution in [0.2, 0.25) is 0 Å². The lowest BCUT2D eigenvalue weighted by molar-refractivity contribution is 0.329. The van der Waals surface area contributed by atoms with E-state index in [1.54, 1.807) is 0 Å². The summed E-state index contributed by atoms with van der Waals surface area (Å²) in [5, 5.41) is 0. The summed E-state index contributed by atoms with van der Waals surface area (Å²) in [6, 6.07) is 6.53. The Labute approximate surface area is 123 Å². The minimum atomic E-state index is 0.0850. The molecule has 0 saturated carbocycles. The van der Waals surface area contributed by atoms with Gasteiger partial charge in [0.25, 0.3) is 0 Å². The Morgan fingerprint density at radius 3 is 2.30 bits per heavy atom. The molecule has 0 atom stereocenters. The van der Waals surface area contributed by atoms with Crippen molar-refractivity contribution in [2.24, 2.45) is 17.4 Å². The summed E-state index contributed by atoms with van der Waals surface area (Å²) in [5.41, 5.74) is 14.1. The van der Waals surface area contributed by atoms with Gasteiger partial charge < -0.3 is 16.2 Å². The normalized spacial score (nSPS) is 11.9. The molecule has 0 fully saturated rings. The number of aryl methyl sites for hydroxylation is 1. The third-order valence-corrected chi connectivity index (χ3v) is 3.66. The maximum absolute atomic E-state index is 5.75. The van der Waals surface area contributed by atoms with E-state index in [0.717, 1.165) is 18.6 Å². The Balaban J connectivity index is 2.89. The summed E-state index contributed by atoms with van der Waals surface area (Å²) in [6.07, 6.45) is 2.07. The van der Waals surface area contributed by atoms with E-state index in [0.29, 0.717) is 25.6 Å². The predicted molar refractivity (Wildman–Crippen MR) is 86.2 cm³/mol. The van der Waals surface area contributed by atoms with Gasteiger partial charge in [-0.3, -0.25) is 0 Å². The third kappa shape index (κ3) is 4.80. The maximum atomic E-state index is 5.75. The van der Waals surface area contributed by atoms with Crippen molar-refractivity contribution in [1.29, 1.82) is 0 Å². The van der Waals surface area contributed by atoms with Crippen molar-refractivity contribution in [3.8, 4) is 5.75 Å². The molecular weight excluding hydrogens is 248 g/mol. The summed E-state index contributed by atoms with van der Waals surface area (Å²) >= 11 is 0. The minimum absolute atomic E-state index is 0.0850. The van der Waals surface area contributed by atoms with Crippen LogP contribution in [0, 0.1) is 5.92 Å². The quantitative estimate of drug-likeness (QED) is 0.806. The zero-order valence-corrected chi connectivity index (χ0v) is 13.4. The summed E-state index contributed by atoms with van der Waals surface area (Å²) in [7, 11) is 0. The van der Waals surface area contributed by atoms with Crippen LogP contribution in [0.15, 0.2) is 18.2 Å². The van der Waals surface area contributed by atoms with Gasteiger partial charge in [0.1, 0.15) is 5.75 Å². The number of benzene rings is 1. The SMILES string of the molecule is CCOc1ccc(CCC(CN)CN)cc1C(C)(C)C. The molecule has 4 N–H and O–H groups in total. The van der Waals surface area contributed by atoms with Gasteiger partial charge in [-0.05, 0) is 61.4 Å². The molecule has 0 aromatic heterocycles. The Morgan fingerprint density at radius 2 is 1.80 bits per heavy atom. The fourth-order valence-electron chi connectivity index (χ4n) is 2.30. The van der Waals surface area contributed by atoms with Crippen LogP contribution in [-0.2, 0) is 11.8 Å². The average molecular weight is 278 g/mol. The van der Waals surface area contributed by atoms with Crippen LogP contribution < -0.4 is 16.2 Å². The zero-order chi connectivity index (χ0) is 15.2. The van der Waals surface area contributed by atoms with Crippen molar-refractivity contribution in [3.05, 3.63) is 29.3 Å². The molecule has 0 aliphatic rings. The largest absolute Gasteiger partial charge is 0.494 e. The second-order valence-corrected chi connectivity index (χ2v) is 6.39. The van der Waals surface area contributed by atoms with Gasteiger partial charge in [-0.15, -0.1) is 0 Å². The molecule has 0 aliphatic heterocycles. The van der Waals surface area contributed by atoms with Crippen molar-refractivity contribution in [1.82, 2.24) is 0 Å². The summed E-state index contributed by atoms with van der Waals surface area (Å²) in [6.45, 7) is 10.7. The fourth-order valence-corrected chi connectivity index (χ4v) is 2.30. The Morgan fingerprint density at radius 1 is 1.15 bits per heavy atom. The van der Waals surface area contributed by atoms with Gasteiger partial charge in [-0.25, -0.2) is 0 Å². The van der Waals surface area contributed by atoms with Gasteiger partial charge in [0.05, 0.1) is 6.61 Å². The lowest BCUT2D eigenvalue weighted by Gasteiger charge is -2.24. The average Bonchev–Trinajstić information content (AvgIpc) is 2.40. The van der Waals surface area contributed by atoms with Crippen LogP contribution in [0.3, 0.4) is 0 Å². The summed E-state index contributed by atoms with van der Waals surface area (Å²) < 4.78 is 5.75. The molecule has 0 radical (unpaired) electrons. The first kappa shape index (κ1) is 17.0. The molecular formula is C17H30N2O. The highest BCUT2D eigenvalue weighted by Crippen LogP contribution is 2.32. The first-order valence-corrected chi connectivity index (χ1v) is 7.58. The highest BCUT2D eigenvalue weighted by Gasteiger charge is 2.19. The third-order valence-electron chi connectivity index (χ3n) is 3.66. The second-order valence-electron chi connectivity index (χ2n) is 6.39. The van der Waals surface area contributed by atoms with Crippen LogP contribution in [0.25, 0.3) is 0 Å². The number of hydrogen-bond acceptors (Lipinski definition) is 3. The fraction of sp³-hybridized carbons (Fsp3) is 0.647. The number of ether oxygens (including phenoxy) is 1. The molecule has 0 saturated heterocycles. The number of rotatable bonds is 7. The molecule has 0 spiro atoms. The van der Waals surface area contributed by atoms with Gasteiger partial charge in [-0.1, -0.05) is 32.9 Å². The van der Waals surface area contributed by atoms with E-state index in [1.807, 2.05) is 6.92 Å². The molecule has 1 aromatic rings. The summed E-state index contributed by atoms with van der Waals surface area (Å²) in [5.74, 6) is 1.41. The molecule has 0 bridgehead atoms.